The Morgan fingerprint density at radius 1 is 1.29 bits per heavy atom. The standard InChI is InChI=1S/C12H25NO/c1-6-13-8-7-10-9-11(2,3)14-12(10,4)5/h10,13H,6-9H2,1-5H3. The molecule has 1 atom stereocenters. The average Bonchev–Trinajstić information content (AvgIpc) is 2.20. The molecule has 0 saturated carbocycles. The molecular formula is C12H25NO. The van der Waals surface area contributed by atoms with E-state index < -0.39 is 0 Å². The van der Waals surface area contributed by atoms with E-state index in [0.717, 1.165) is 13.1 Å². The van der Waals surface area contributed by atoms with Gasteiger partial charge in [-0.05, 0) is 59.5 Å². The monoisotopic (exact) mass is 199 g/mol. The predicted molar refractivity (Wildman–Crippen MR) is 60.5 cm³/mol. The van der Waals surface area contributed by atoms with Crippen LogP contribution in [0, 0.1) is 5.92 Å². The van der Waals surface area contributed by atoms with Crippen LogP contribution in [0.25, 0.3) is 0 Å². The quantitative estimate of drug-likeness (QED) is 0.703. The summed E-state index contributed by atoms with van der Waals surface area (Å²) >= 11 is 0. The Hall–Kier alpha value is -0.0800. The molecule has 1 rings (SSSR count). The first-order chi connectivity index (χ1) is 6.37. The molecule has 0 aliphatic carbocycles. The maximum Gasteiger partial charge on any atom is 0.0663 e. The molecular weight excluding hydrogens is 174 g/mol. The van der Waals surface area contributed by atoms with E-state index in [4.69, 9.17) is 4.74 Å². The van der Waals surface area contributed by atoms with E-state index in [0.29, 0.717) is 5.92 Å². The van der Waals surface area contributed by atoms with Crippen molar-refractivity contribution in [1.29, 1.82) is 0 Å². The van der Waals surface area contributed by atoms with Crippen molar-refractivity contribution in [1.82, 2.24) is 5.32 Å². The highest BCUT2D eigenvalue weighted by Crippen LogP contribution is 2.43. The summed E-state index contributed by atoms with van der Waals surface area (Å²) in [5, 5.41) is 3.38. The second-order valence-corrected chi connectivity index (χ2v) is 5.51. The first kappa shape index (κ1) is 12.0. The average molecular weight is 199 g/mol. The van der Waals surface area contributed by atoms with Gasteiger partial charge in [0.05, 0.1) is 11.2 Å². The van der Waals surface area contributed by atoms with E-state index in [1.165, 1.54) is 12.8 Å². The fraction of sp³-hybridized carbons (Fsp3) is 1.00. The van der Waals surface area contributed by atoms with Crippen LogP contribution in [0.2, 0.25) is 0 Å². The van der Waals surface area contributed by atoms with Gasteiger partial charge in [0.2, 0.25) is 0 Å². The molecule has 84 valence electrons. The summed E-state index contributed by atoms with van der Waals surface area (Å²) in [7, 11) is 0. The molecule has 0 bridgehead atoms. The Morgan fingerprint density at radius 3 is 2.36 bits per heavy atom. The van der Waals surface area contributed by atoms with Crippen molar-refractivity contribution < 1.29 is 4.74 Å². The molecule has 0 aromatic carbocycles. The highest BCUT2D eigenvalue weighted by atomic mass is 16.5. The minimum atomic E-state index is 0.0545. The van der Waals surface area contributed by atoms with Gasteiger partial charge < -0.3 is 10.1 Å². The molecule has 2 nitrogen and oxygen atoms in total. The van der Waals surface area contributed by atoms with E-state index in [1.807, 2.05) is 0 Å². The van der Waals surface area contributed by atoms with Gasteiger partial charge in [-0.25, -0.2) is 0 Å². The van der Waals surface area contributed by atoms with Gasteiger partial charge in [0.1, 0.15) is 0 Å². The van der Waals surface area contributed by atoms with Gasteiger partial charge in [-0.3, -0.25) is 0 Å². The summed E-state index contributed by atoms with van der Waals surface area (Å²) < 4.78 is 6.05. The Labute approximate surface area is 88.4 Å². The number of hydrogen-bond donors (Lipinski definition) is 1. The number of nitrogens with one attached hydrogen (secondary N) is 1. The van der Waals surface area contributed by atoms with Crippen LogP contribution in [0.1, 0.15) is 47.5 Å². The summed E-state index contributed by atoms with van der Waals surface area (Å²) in [6, 6.07) is 0. The molecule has 0 aromatic rings. The zero-order valence-corrected chi connectivity index (χ0v) is 10.3. The first-order valence-electron chi connectivity index (χ1n) is 5.78. The van der Waals surface area contributed by atoms with Crippen molar-refractivity contribution in [3.63, 3.8) is 0 Å². The van der Waals surface area contributed by atoms with Crippen LogP contribution in [0.5, 0.6) is 0 Å². The van der Waals surface area contributed by atoms with Crippen molar-refractivity contribution in [2.24, 2.45) is 5.92 Å². The van der Waals surface area contributed by atoms with Crippen LogP contribution in [0.15, 0.2) is 0 Å². The Morgan fingerprint density at radius 2 is 1.93 bits per heavy atom. The highest BCUT2D eigenvalue weighted by molar-refractivity contribution is 4.94. The first-order valence-corrected chi connectivity index (χ1v) is 5.78. The van der Waals surface area contributed by atoms with Crippen LogP contribution >= 0.6 is 0 Å². The maximum atomic E-state index is 6.05. The maximum absolute atomic E-state index is 6.05. The lowest BCUT2D eigenvalue weighted by Gasteiger charge is -2.27. The van der Waals surface area contributed by atoms with Crippen molar-refractivity contribution in [2.75, 3.05) is 13.1 Å². The van der Waals surface area contributed by atoms with Crippen LogP contribution in [0.4, 0.5) is 0 Å². The third-order valence-corrected chi connectivity index (χ3v) is 3.18. The van der Waals surface area contributed by atoms with Crippen molar-refractivity contribution in [2.45, 2.75) is 58.7 Å². The minimum absolute atomic E-state index is 0.0545. The van der Waals surface area contributed by atoms with E-state index in [-0.39, 0.29) is 11.2 Å². The van der Waals surface area contributed by atoms with Crippen LogP contribution in [0.3, 0.4) is 0 Å². The molecule has 1 saturated heterocycles. The Bertz CT molecular complexity index is 187. The molecule has 1 N–H and O–H groups in total. The second-order valence-electron chi connectivity index (χ2n) is 5.51. The third kappa shape index (κ3) is 2.96. The van der Waals surface area contributed by atoms with E-state index >= 15 is 0 Å². The fourth-order valence-corrected chi connectivity index (χ4v) is 2.58. The molecule has 1 aliphatic heterocycles. The molecule has 0 radical (unpaired) electrons. The largest absolute Gasteiger partial charge is 0.369 e. The summed E-state index contributed by atoms with van der Waals surface area (Å²) in [4.78, 5) is 0. The summed E-state index contributed by atoms with van der Waals surface area (Å²) in [5.41, 5.74) is 0.124. The van der Waals surface area contributed by atoms with Gasteiger partial charge >= 0.3 is 0 Å². The molecule has 2 heteroatoms. The van der Waals surface area contributed by atoms with Gasteiger partial charge in [0.25, 0.3) is 0 Å². The smallest absolute Gasteiger partial charge is 0.0663 e. The lowest BCUT2D eigenvalue weighted by molar-refractivity contribution is -0.0750. The van der Waals surface area contributed by atoms with Crippen LogP contribution in [-0.4, -0.2) is 24.3 Å². The third-order valence-electron chi connectivity index (χ3n) is 3.18. The predicted octanol–water partition coefficient (Wildman–Crippen LogP) is 2.58. The zero-order valence-electron chi connectivity index (χ0n) is 10.3. The van der Waals surface area contributed by atoms with E-state index in [1.54, 1.807) is 0 Å². The minimum Gasteiger partial charge on any atom is -0.369 e. The molecule has 0 amide bonds. The molecule has 1 unspecified atom stereocenters. The lowest BCUT2D eigenvalue weighted by atomic mass is 9.85. The molecule has 1 fully saturated rings. The SMILES string of the molecule is CCNCCC1CC(C)(C)OC1(C)C. The fourth-order valence-electron chi connectivity index (χ4n) is 2.58. The van der Waals surface area contributed by atoms with Crippen molar-refractivity contribution in [3.8, 4) is 0 Å². The highest BCUT2D eigenvalue weighted by Gasteiger charge is 2.44. The summed E-state index contributed by atoms with van der Waals surface area (Å²) in [6.07, 6.45) is 2.41. The normalized spacial score (nSPS) is 29.4. The van der Waals surface area contributed by atoms with Gasteiger partial charge in [-0.1, -0.05) is 6.92 Å². The van der Waals surface area contributed by atoms with E-state index in [2.05, 4.69) is 39.9 Å². The zero-order chi connectivity index (χ0) is 10.8. The van der Waals surface area contributed by atoms with Gasteiger partial charge in [-0.2, -0.15) is 0 Å². The van der Waals surface area contributed by atoms with Gasteiger partial charge in [-0.15, -0.1) is 0 Å². The van der Waals surface area contributed by atoms with E-state index in [9.17, 15) is 0 Å². The Kier molecular flexibility index (Phi) is 3.59. The summed E-state index contributed by atoms with van der Waals surface area (Å²) in [6.45, 7) is 13.2. The molecule has 1 heterocycles. The van der Waals surface area contributed by atoms with Crippen LogP contribution in [-0.2, 0) is 4.74 Å². The molecule has 0 aromatic heterocycles. The number of hydrogen-bond acceptors (Lipinski definition) is 2. The van der Waals surface area contributed by atoms with Crippen molar-refractivity contribution >= 4 is 0 Å². The number of rotatable bonds is 4. The number of ether oxygens (including phenoxy) is 1. The van der Waals surface area contributed by atoms with Gasteiger partial charge in [0.15, 0.2) is 0 Å². The van der Waals surface area contributed by atoms with Crippen LogP contribution < -0.4 is 5.32 Å². The van der Waals surface area contributed by atoms with Gasteiger partial charge in [0, 0.05) is 0 Å². The lowest BCUT2D eigenvalue weighted by Crippen LogP contribution is -2.31. The summed E-state index contributed by atoms with van der Waals surface area (Å²) in [5.74, 6) is 0.691. The molecule has 14 heavy (non-hydrogen) atoms. The molecule has 1 aliphatic rings. The Balaban J connectivity index is 2.44. The molecule has 0 spiro atoms. The topological polar surface area (TPSA) is 21.3 Å². The second kappa shape index (κ2) is 4.19. The van der Waals surface area contributed by atoms with Crippen molar-refractivity contribution in [3.05, 3.63) is 0 Å².